The van der Waals surface area contributed by atoms with Gasteiger partial charge < -0.3 is 14.4 Å². The first-order valence-corrected chi connectivity index (χ1v) is 10.9. The number of allylic oxidation sites excluding steroid dienone is 2. The van der Waals surface area contributed by atoms with Crippen molar-refractivity contribution in [1.82, 2.24) is 10.2 Å². The molecule has 5 rings (SSSR count). The van der Waals surface area contributed by atoms with Gasteiger partial charge in [-0.15, -0.1) is 0 Å². The number of carbonyl (C=O) groups excluding carboxylic acids is 1. The lowest BCUT2D eigenvalue weighted by Crippen LogP contribution is -2.42. The molecule has 3 heterocycles. The van der Waals surface area contributed by atoms with Gasteiger partial charge in [-0.05, 0) is 47.8 Å². The number of benzene rings is 2. The quantitative estimate of drug-likeness (QED) is 0.746. The standard InChI is InChI=1S/C26H27N3O3/c1-18-8-11-22(28-25(30)29-14-12-26(16-29)13-15-32-17-26)27-24-21(31-2)10-9-20(23(18)24)19-6-4-3-5-7-19/h3-11H,1,12-17H2,2H3,(H,27,28,30). The van der Waals surface area contributed by atoms with Crippen LogP contribution in [-0.4, -0.2) is 50.2 Å². The van der Waals surface area contributed by atoms with Gasteiger partial charge >= 0.3 is 6.03 Å². The van der Waals surface area contributed by atoms with Crippen molar-refractivity contribution in [3.63, 3.8) is 0 Å². The fourth-order valence-electron chi connectivity index (χ4n) is 4.79. The number of rotatable bonds is 2. The number of amides is 2. The molecule has 164 valence electrons. The third-order valence-electron chi connectivity index (χ3n) is 6.59. The lowest BCUT2D eigenvalue weighted by atomic mass is 9.87. The number of ether oxygens (including phenoxy) is 2. The lowest BCUT2D eigenvalue weighted by Gasteiger charge is -2.22. The first-order valence-electron chi connectivity index (χ1n) is 10.9. The molecule has 0 radical (unpaired) electrons. The number of urea groups is 1. The zero-order chi connectivity index (χ0) is 22.1. The van der Waals surface area contributed by atoms with Gasteiger partial charge in [0, 0.05) is 30.7 Å². The molecule has 1 unspecified atom stereocenters. The van der Waals surface area contributed by atoms with Gasteiger partial charge in [0.05, 0.1) is 13.7 Å². The van der Waals surface area contributed by atoms with E-state index in [2.05, 4.69) is 24.0 Å². The molecule has 2 aromatic rings. The molecule has 3 aliphatic rings. The van der Waals surface area contributed by atoms with Crippen LogP contribution < -0.4 is 10.1 Å². The predicted octanol–water partition coefficient (Wildman–Crippen LogP) is 4.80. The van der Waals surface area contributed by atoms with Gasteiger partial charge in [-0.2, -0.15) is 0 Å². The molecule has 2 amide bonds. The van der Waals surface area contributed by atoms with Gasteiger partial charge in [0.2, 0.25) is 0 Å². The number of nitrogens with one attached hydrogen (secondary N) is 1. The van der Waals surface area contributed by atoms with E-state index >= 15 is 0 Å². The van der Waals surface area contributed by atoms with E-state index < -0.39 is 0 Å². The maximum Gasteiger partial charge on any atom is 0.323 e. The number of hydrogen-bond donors (Lipinski definition) is 1. The van der Waals surface area contributed by atoms with Crippen molar-refractivity contribution in [3.05, 3.63) is 66.8 Å². The lowest BCUT2D eigenvalue weighted by molar-refractivity contribution is 0.153. The molecule has 32 heavy (non-hydrogen) atoms. The maximum atomic E-state index is 13.0. The minimum atomic E-state index is -0.135. The summed E-state index contributed by atoms with van der Waals surface area (Å²) in [6.07, 6.45) is 5.70. The number of carbonyl (C=O) groups is 1. The monoisotopic (exact) mass is 429 g/mol. The Morgan fingerprint density at radius 3 is 2.78 bits per heavy atom. The minimum absolute atomic E-state index is 0.118. The van der Waals surface area contributed by atoms with Crippen LogP contribution in [0.3, 0.4) is 0 Å². The Morgan fingerprint density at radius 2 is 2.03 bits per heavy atom. The second-order valence-electron chi connectivity index (χ2n) is 8.66. The highest BCUT2D eigenvalue weighted by Gasteiger charge is 2.42. The summed E-state index contributed by atoms with van der Waals surface area (Å²) < 4.78 is 11.2. The van der Waals surface area contributed by atoms with Crippen molar-refractivity contribution in [2.45, 2.75) is 12.8 Å². The number of methoxy groups -OCH3 is 1. The van der Waals surface area contributed by atoms with E-state index in [1.165, 1.54) is 0 Å². The molecule has 2 aromatic carbocycles. The maximum absolute atomic E-state index is 13.0. The van der Waals surface area contributed by atoms with Gasteiger partial charge in [0.15, 0.2) is 0 Å². The van der Waals surface area contributed by atoms with Crippen molar-refractivity contribution < 1.29 is 14.3 Å². The summed E-state index contributed by atoms with van der Waals surface area (Å²) in [5.41, 5.74) is 4.60. The summed E-state index contributed by atoms with van der Waals surface area (Å²) in [6.45, 7) is 7.24. The summed E-state index contributed by atoms with van der Waals surface area (Å²) in [6, 6.07) is 13.9. The van der Waals surface area contributed by atoms with Crippen LogP contribution in [0.25, 0.3) is 16.7 Å². The highest BCUT2D eigenvalue weighted by Crippen LogP contribution is 2.43. The van der Waals surface area contributed by atoms with Crippen LogP contribution in [0.1, 0.15) is 18.4 Å². The van der Waals surface area contributed by atoms with Gasteiger partial charge in [-0.1, -0.05) is 43.0 Å². The van der Waals surface area contributed by atoms with Crippen LogP contribution in [-0.2, 0) is 4.74 Å². The zero-order valence-corrected chi connectivity index (χ0v) is 18.3. The Labute approximate surface area is 188 Å². The Kier molecular flexibility index (Phi) is 5.31. The zero-order valence-electron chi connectivity index (χ0n) is 18.3. The van der Waals surface area contributed by atoms with Crippen molar-refractivity contribution in [1.29, 1.82) is 0 Å². The minimum Gasteiger partial charge on any atom is -0.494 e. The second kappa shape index (κ2) is 8.28. The molecule has 0 saturated carbocycles. The van der Waals surface area contributed by atoms with Crippen LogP contribution in [0.4, 0.5) is 10.5 Å². The summed E-state index contributed by atoms with van der Waals surface area (Å²) in [5, 5.41) is 2.99. The summed E-state index contributed by atoms with van der Waals surface area (Å²) in [5.74, 6) is 1.11. The number of amidine groups is 1. The fourth-order valence-corrected chi connectivity index (χ4v) is 4.79. The first kappa shape index (κ1) is 20.5. The molecule has 1 atom stereocenters. The Hall–Kier alpha value is -3.38. The van der Waals surface area contributed by atoms with Gasteiger partial charge in [-0.25, -0.2) is 9.79 Å². The summed E-state index contributed by atoms with van der Waals surface area (Å²) >= 11 is 0. The van der Waals surface area contributed by atoms with Crippen LogP contribution in [0.2, 0.25) is 0 Å². The second-order valence-corrected chi connectivity index (χ2v) is 8.66. The van der Waals surface area contributed by atoms with Crippen LogP contribution in [0, 0.1) is 5.41 Å². The number of hydrogen-bond acceptors (Lipinski definition) is 4. The molecule has 0 aliphatic carbocycles. The molecular weight excluding hydrogens is 402 g/mol. The summed E-state index contributed by atoms with van der Waals surface area (Å²) in [7, 11) is 1.63. The van der Waals surface area contributed by atoms with E-state index in [0.717, 1.165) is 61.4 Å². The molecule has 3 aliphatic heterocycles. The van der Waals surface area contributed by atoms with E-state index in [0.29, 0.717) is 17.3 Å². The van der Waals surface area contributed by atoms with E-state index in [1.807, 2.05) is 41.3 Å². The predicted molar refractivity (Wildman–Crippen MR) is 126 cm³/mol. The largest absolute Gasteiger partial charge is 0.494 e. The number of likely N-dealkylation sites (tertiary alicyclic amines) is 1. The van der Waals surface area contributed by atoms with Crippen molar-refractivity contribution in [2.24, 2.45) is 10.4 Å². The average Bonchev–Trinajstić information content (AvgIpc) is 3.43. The van der Waals surface area contributed by atoms with E-state index in [-0.39, 0.29) is 11.4 Å². The molecule has 0 bridgehead atoms. The van der Waals surface area contributed by atoms with Crippen molar-refractivity contribution in [3.8, 4) is 16.9 Å². The highest BCUT2D eigenvalue weighted by atomic mass is 16.5. The molecule has 0 aromatic heterocycles. The van der Waals surface area contributed by atoms with Crippen LogP contribution in [0.15, 0.2) is 66.2 Å². The van der Waals surface area contributed by atoms with Crippen molar-refractivity contribution >= 4 is 23.1 Å². The smallest absolute Gasteiger partial charge is 0.323 e. The Bertz CT molecular complexity index is 1110. The average molecular weight is 430 g/mol. The SMILES string of the molecule is C=C1C=CC(NC(=O)N2CCC3(CCOC3)C2)=Nc2c(OC)ccc(-c3ccccc3)c21. The van der Waals surface area contributed by atoms with Gasteiger partial charge in [0.1, 0.15) is 17.3 Å². The third kappa shape index (κ3) is 3.71. The van der Waals surface area contributed by atoms with Gasteiger partial charge in [0.25, 0.3) is 0 Å². The van der Waals surface area contributed by atoms with Gasteiger partial charge in [-0.3, -0.25) is 5.32 Å². The normalized spacial score (nSPS) is 22.0. The Morgan fingerprint density at radius 1 is 1.19 bits per heavy atom. The number of fused-ring (bicyclic) bond motifs is 1. The van der Waals surface area contributed by atoms with Crippen LogP contribution >= 0.6 is 0 Å². The first-order chi connectivity index (χ1) is 15.6. The third-order valence-corrected chi connectivity index (χ3v) is 6.59. The van der Waals surface area contributed by atoms with Crippen molar-refractivity contribution in [2.75, 3.05) is 33.4 Å². The topological polar surface area (TPSA) is 63.2 Å². The fraction of sp³-hybridized carbons (Fsp3) is 0.308. The molecule has 1 spiro atoms. The molecule has 1 N–H and O–H groups in total. The molecular formula is C26H27N3O3. The molecule has 6 nitrogen and oxygen atoms in total. The molecule has 2 fully saturated rings. The highest BCUT2D eigenvalue weighted by molar-refractivity contribution is 6.09. The number of aliphatic imine (C=N–C) groups is 1. The molecule has 2 saturated heterocycles. The van der Waals surface area contributed by atoms with Crippen LogP contribution in [0.5, 0.6) is 5.75 Å². The Balaban J connectivity index is 1.46. The molecule has 6 heteroatoms. The number of nitrogens with zero attached hydrogens (tertiary/aromatic N) is 2. The summed E-state index contributed by atoms with van der Waals surface area (Å²) in [4.78, 5) is 19.7. The van der Waals surface area contributed by atoms with E-state index in [9.17, 15) is 4.79 Å². The van der Waals surface area contributed by atoms with E-state index in [1.54, 1.807) is 13.2 Å². The van der Waals surface area contributed by atoms with E-state index in [4.69, 9.17) is 14.5 Å².